The van der Waals surface area contributed by atoms with Crippen molar-refractivity contribution in [3.05, 3.63) is 90.5 Å². The molecule has 0 amide bonds. The van der Waals surface area contributed by atoms with Gasteiger partial charge in [-0.05, 0) is 54.4 Å². The van der Waals surface area contributed by atoms with Gasteiger partial charge in [0.1, 0.15) is 5.75 Å². The number of carbonyl (C=O) groups excluding carboxylic acids is 1. The van der Waals surface area contributed by atoms with Gasteiger partial charge in [-0.25, -0.2) is 9.48 Å². The number of benzene rings is 2. The Balaban J connectivity index is 0.00000130. The first-order valence-electron chi connectivity index (χ1n) is 12.5. The number of fused-ring (bicyclic) bond motifs is 1. The number of pyridine rings is 1. The van der Waals surface area contributed by atoms with Crippen LogP contribution < -0.4 is 15.0 Å². The largest absolute Gasteiger partial charge is 0.493 e. The van der Waals surface area contributed by atoms with E-state index >= 15 is 0 Å². The Bertz CT molecular complexity index is 1310. The first-order chi connectivity index (χ1) is 18.1. The molecule has 37 heavy (non-hydrogen) atoms. The van der Waals surface area contributed by atoms with Crippen LogP contribution in [0.5, 0.6) is 5.75 Å². The number of esters is 1. The number of hydrogen-bond acceptors (Lipinski definition) is 7. The van der Waals surface area contributed by atoms with Gasteiger partial charge in [0.15, 0.2) is 0 Å². The van der Waals surface area contributed by atoms with Gasteiger partial charge in [-0.1, -0.05) is 19.9 Å². The van der Waals surface area contributed by atoms with Crippen molar-refractivity contribution in [1.82, 2.24) is 14.8 Å². The lowest BCUT2D eigenvalue weighted by Gasteiger charge is -2.28. The summed E-state index contributed by atoms with van der Waals surface area (Å²) in [5, 5.41) is 7.66. The molecular formula is C29H35N5O3. The van der Waals surface area contributed by atoms with Crippen LogP contribution >= 0.6 is 0 Å². The molecule has 8 heteroatoms. The third kappa shape index (κ3) is 5.74. The maximum Gasteiger partial charge on any atom is 0.340 e. The highest BCUT2D eigenvalue weighted by atomic mass is 16.5. The number of hydrogen-bond donors (Lipinski definition) is 1. The van der Waals surface area contributed by atoms with Crippen LogP contribution in [0, 0.1) is 0 Å². The fraction of sp³-hybridized carbons (Fsp3) is 0.276. The van der Waals surface area contributed by atoms with Crippen molar-refractivity contribution in [1.29, 1.82) is 0 Å². The molecule has 0 saturated carbocycles. The summed E-state index contributed by atoms with van der Waals surface area (Å²) in [6, 6.07) is 18.2. The lowest BCUT2D eigenvalue weighted by molar-refractivity contribution is 0.0601. The minimum Gasteiger partial charge on any atom is -0.493 e. The predicted molar refractivity (Wildman–Crippen MR) is 148 cm³/mol. The number of nitrogens with zero attached hydrogens (tertiary/aromatic N) is 4. The van der Waals surface area contributed by atoms with Gasteiger partial charge >= 0.3 is 5.97 Å². The normalized spacial score (nSPS) is 13.9. The third-order valence-electron chi connectivity index (χ3n) is 6.32. The maximum absolute atomic E-state index is 12.1. The second-order valence-electron chi connectivity index (χ2n) is 8.38. The average Bonchev–Trinajstić information content (AvgIpc) is 3.51. The number of nitrogens with one attached hydrogen (secondary N) is 1. The van der Waals surface area contributed by atoms with Crippen LogP contribution in [0.2, 0.25) is 0 Å². The number of ether oxygens (including phenoxy) is 2. The average molecular weight is 502 g/mol. The van der Waals surface area contributed by atoms with Crippen molar-refractivity contribution in [3.63, 3.8) is 0 Å². The van der Waals surface area contributed by atoms with Gasteiger partial charge in [-0.15, -0.1) is 0 Å². The summed E-state index contributed by atoms with van der Waals surface area (Å²) in [5.41, 5.74) is 5.43. The van der Waals surface area contributed by atoms with Crippen molar-refractivity contribution < 1.29 is 15.7 Å². The van der Waals surface area contributed by atoms with Gasteiger partial charge in [-0.3, -0.25) is 4.98 Å². The molecule has 1 N–H and O–H groups in total. The molecule has 0 bridgehead atoms. The zero-order chi connectivity index (χ0) is 26.2. The van der Waals surface area contributed by atoms with E-state index in [-0.39, 0.29) is 13.3 Å². The Kier molecular flexibility index (Phi) is 8.40. The van der Waals surface area contributed by atoms with E-state index in [2.05, 4.69) is 62.8 Å². The lowest BCUT2D eigenvalue weighted by Crippen LogP contribution is -2.22. The summed E-state index contributed by atoms with van der Waals surface area (Å²) in [4.78, 5) is 18.3. The van der Waals surface area contributed by atoms with Gasteiger partial charge < -0.3 is 19.7 Å². The first-order valence-corrected chi connectivity index (χ1v) is 12.5. The van der Waals surface area contributed by atoms with Crippen molar-refractivity contribution in [2.45, 2.75) is 26.2 Å². The molecular weight excluding hydrogens is 466 g/mol. The summed E-state index contributed by atoms with van der Waals surface area (Å²) >= 11 is 0. The maximum atomic E-state index is 12.1. The summed E-state index contributed by atoms with van der Waals surface area (Å²) in [6.07, 6.45) is 7.82. The van der Waals surface area contributed by atoms with Crippen molar-refractivity contribution in [2.75, 3.05) is 37.5 Å². The smallest absolute Gasteiger partial charge is 0.340 e. The molecule has 2 aromatic carbocycles. The Morgan fingerprint density at radius 1 is 1.16 bits per heavy atom. The third-order valence-corrected chi connectivity index (χ3v) is 6.32. The number of rotatable bonds is 7. The molecule has 1 aliphatic heterocycles. The Labute approximate surface area is 219 Å². The molecule has 0 spiro atoms. The summed E-state index contributed by atoms with van der Waals surface area (Å²) in [5.74, 6) is 0.754. The van der Waals surface area contributed by atoms with Crippen LogP contribution in [0.25, 0.3) is 5.69 Å². The van der Waals surface area contributed by atoms with E-state index in [1.807, 2.05) is 37.8 Å². The van der Waals surface area contributed by atoms with E-state index in [4.69, 9.17) is 9.47 Å². The van der Waals surface area contributed by atoms with Crippen LogP contribution in [0.3, 0.4) is 0 Å². The highest BCUT2D eigenvalue weighted by Gasteiger charge is 2.23. The van der Waals surface area contributed by atoms with Crippen molar-refractivity contribution in [2.24, 2.45) is 0 Å². The van der Waals surface area contributed by atoms with Crippen LogP contribution in [0.4, 0.5) is 17.1 Å². The fourth-order valence-corrected chi connectivity index (χ4v) is 4.33. The molecule has 2 aromatic heterocycles. The highest BCUT2D eigenvalue weighted by molar-refractivity contribution is 5.95. The highest BCUT2D eigenvalue weighted by Crippen LogP contribution is 2.38. The molecule has 5 rings (SSSR count). The number of methoxy groups -OCH3 is 1. The molecule has 8 nitrogen and oxygen atoms in total. The molecule has 0 unspecified atom stereocenters. The minimum absolute atomic E-state index is 0. The lowest BCUT2D eigenvalue weighted by atomic mass is 9.92. The topological polar surface area (TPSA) is 81.5 Å². The second-order valence-corrected chi connectivity index (χ2v) is 8.38. The van der Waals surface area contributed by atoms with E-state index in [1.54, 1.807) is 24.7 Å². The first kappa shape index (κ1) is 25.8. The molecule has 0 aliphatic carbocycles. The molecule has 194 valence electrons. The molecule has 1 atom stereocenters. The van der Waals surface area contributed by atoms with Crippen molar-refractivity contribution >= 4 is 23.0 Å². The standard InChI is InChI=1S/C27H27N5O3.C2H6.H2/c1-31(20-4-6-21(7-5-20)32-14-3-12-30-32)22-8-9-23-19(11-15-35-26(23)16-22)17-29-25-18-28-13-10-24(25)27(33)34-2;1-2;/h3-10,12-14,16,18-19,29H,11,15,17H2,1-2H3;1-2H3;1H/t19-;;/m0../s1. The molecule has 3 heterocycles. The van der Waals surface area contributed by atoms with E-state index < -0.39 is 0 Å². The molecule has 0 fully saturated rings. The zero-order valence-corrected chi connectivity index (χ0v) is 21.7. The predicted octanol–water partition coefficient (Wildman–Crippen LogP) is 6.07. The monoisotopic (exact) mass is 501 g/mol. The zero-order valence-electron chi connectivity index (χ0n) is 21.7. The van der Waals surface area contributed by atoms with Crippen LogP contribution in [0.15, 0.2) is 79.4 Å². The van der Waals surface area contributed by atoms with Gasteiger partial charge in [0.05, 0.1) is 36.9 Å². The van der Waals surface area contributed by atoms with Gasteiger partial charge in [0.25, 0.3) is 0 Å². The Hall–Kier alpha value is -4.33. The summed E-state index contributed by atoms with van der Waals surface area (Å²) in [7, 11) is 3.42. The molecule has 4 aromatic rings. The second kappa shape index (κ2) is 12.1. The number of aromatic nitrogens is 3. The number of carbonyl (C=O) groups is 1. The fourth-order valence-electron chi connectivity index (χ4n) is 4.33. The van der Waals surface area contributed by atoms with Crippen molar-refractivity contribution in [3.8, 4) is 11.4 Å². The quantitative estimate of drug-likeness (QED) is 0.308. The van der Waals surface area contributed by atoms with Crippen LogP contribution in [-0.2, 0) is 4.74 Å². The summed E-state index contributed by atoms with van der Waals surface area (Å²) in [6.45, 7) is 5.30. The SMILES string of the molecule is CC.COC(=O)c1ccncc1NC[C@@H]1CCOc2cc(N(C)c3ccc(-n4cccn4)cc3)ccc21.[HH]. The van der Waals surface area contributed by atoms with Crippen LogP contribution in [0.1, 0.15) is 43.5 Å². The van der Waals surface area contributed by atoms with Gasteiger partial charge in [0, 0.05) is 57.0 Å². The molecule has 0 saturated heterocycles. The Morgan fingerprint density at radius 2 is 1.95 bits per heavy atom. The van der Waals surface area contributed by atoms with E-state index in [1.165, 1.54) is 7.11 Å². The van der Waals surface area contributed by atoms with E-state index in [0.29, 0.717) is 24.4 Å². The van der Waals surface area contributed by atoms with Gasteiger partial charge in [-0.2, -0.15) is 5.10 Å². The van der Waals surface area contributed by atoms with E-state index in [0.717, 1.165) is 34.8 Å². The minimum atomic E-state index is -0.382. The molecule has 0 radical (unpaired) electrons. The number of anilines is 3. The Morgan fingerprint density at radius 3 is 2.68 bits per heavy atom. The summed E-state index contributed by atoms with van der Waals surface area (Å²) < 4.78 is 12.8. The van der Waals surface area contributed by atoms with Gasteiger partial charge in [0.2, 0.25) is 0 Å². The van der Waals surface area contributed by atoms with E-state index in [9.17, 15) is 4.79 Å². The molecule has 1 aliphatic rings. The van der Waals surface area contributed by atoms with Crippen LogP contribution in [-0.4, -0.2) is 48.0 Å².